The molecular formula is C40H39N3. The van der Waals surface area contributed by atoms with Gasteiger partial charge in [0.15, 0.2) is 5.82 Å². The summed E-state index contributed by atoms with van der Waals surface area (Å²) < 4.78 is 0. The van der Waals surface area contributed by atoms with E-state index in [0.29, 0.717) is 5.92 Å². The van der Waals surface area contributed by atoms with Gasteiger partial charge in [-0.1, -0.05) is 84.0 Å². The van der Waals surface area contributed by atoms with Gasteiger partial charge in [-0.25, -0.2) is 9.97 Å². The van der Waals surface area contributed by atoms with Gasteiger partial charge in [0.25, 0.3) is 0 Å². The lowest BCUT2D eigenvalue weighted by Crippen LogP contribution is -2.31. The second-order valence-corrected chi connectivity index (χ2v) is 13.2. The van der Waals surface area contributed by atoms with Gasteiger partial charge in [-0.15, -0.1) is 0 Å². The number of fused-ring (bicyclic) bond motifs is 8. The largest absolute Gasteiger partial charge is 0.318 e. The van der Waals surface area contributed by atoms with Crippen LogP contribution in [0.5, 0.6) is 0 Å². The Balaban J connectivity index is 1.54. The van der Waals surface area contributed by atoms with Crippen molar-refractivity contribution in [3.8, 4) is 22.6 Å². The first-order chi connectivity index (χ1) is 20.8. The first kappa shape index (κ1) is 26.4. The molecule has 214 valence electrons. The number of hydrogen-bond acceptors (Lipinski definition) is 3. The number of aromatic nitrogens is 2. The summed E-state index contributed by atoms with van der Waals surface area (Å²) in [5, 5.41) is 0. The highest BCUT2D eigenvalue weighted by molar-refractivity contribution is 5.95. The minimum Gasteiger partial charge on any atom is -0.318 e. The lowest BCUT2D eigenvalue weighted by Gasteiger charge is -2.32. The number of anilines is 2. The van der Waals surface area contributed by atoms with Crippen LogP contribution in [-0.4, -0.2) is 16.0 Å². The highest BCUT2D eigenvalue weighted by Gasteiger charge is 2.46. The van der Waals surface area contributed by atoms with E-state index in [9.17, 15) is 0 Å². The van der Waals surface area contributed by atoms with Crippen molar-refractivity contribution in [2.45, 2.75) is 78.7 Å². The summed E-state index contributed by atoms with van der Waals surface area (Å²) in [6.45, 7) is 13.3. The molecule has 3 heterocycles. The Hall–Kier alpha value is -4.24. The van der Waals surface area contributed by atoms with Crippen LogP contribution in [0.15, 0.2) is 72.8 Å². The maximum Gasteiger partial charge on any atom is 0.162 e. The smallest absolute Gasteiger partial charge is 0.162 e. The molecule has 2 aliphatic carbocycles. The zero-order chi connectivity index (χ0) is 29.6. The van der Waals surface area contributed by atoms with E-state index in [0.717, 1.165) is 35.7 Å². The molecule has 3 nitrogen and oxygen atoms in total. The van der Waals surface area contributed by atoms with Gasteiger partial charge in [-0.2, -0.15) is 0 Å². The van der Waals surface area contributed by atoms with E-state index >= 15 is 0 Å². The van der Waals surface area contributed by atoms with Crippen LogP contribution in [0.25, 0.3) is 28.2 Å². The van der Waals surface area contributed by atoms with Gasteiger partial charge in [0.05, 0.1) is 17.4 Å². The molecule has 0 saturated carbocycles. The fourth-order valence-electron chi connectivity index (χ4n) is 8.71. The minimum absolute atomic E-state index is 0.187. The summed E-state index contributed by atoms with van der Waals surface area (Å²) in [4.78, 5) is 13.9. The van der Waals surface area contributed by atoms with E-state index in [2.05, 4.69) is 119 Å². The molecule has 0 radical (unpaired) electrons. The molecule has 2 aliphatic heterocycles. The number of hydrogen-bond donors (Lipinski definition) is 0. The SMILES string of the molecule is Cc1cc(C)c(-c2nc(-c3c(C)cc(C)cc3C)c3c(n2)N2c4c(cccc4C4CCC=CC42)C2=CC=CCC23)c(C)c1. The lowest BCUT2D eigenvalue weighted by atomic mass is 9.78. The second kappa shape index (κ2) is 9.64. The van der Waals surface area contributed by atoms with Crippen molar-refractivity contribution in [1.29, 1.82) is 0 Å². The summed E-state index contributed by atoms with van der Waals surface area (Å²) in [5.74, 6) is 2.59. The van der Waals surface area contributed by atoms with Crippen LogP contribution in [-0.2, 0) is 0 Å². The number of allylic oxidation sites excluding steroid dienone is 5. The van der Waals surface area contributed by atoms with Crippen LogP contribution in [0.1, 0.15) is 81.2 Å². The summed E-state index contributed by atoms with van der Waals surface area (Å²) in [7, 11) is 0. The molecule has 8 rings (SSSR count). The standard InChI is InChI=1S/C40H39N3/c1-22-18-24(3)34(25(4)19-22)37-36-30-14-8-7-12-28(30)31-15-11-16-32-29-13-9-10-17-33(29)43(38(31)32)40(36)42-39(41-37)35-26(5)20-23(2)21-27(35)6/h7-8,10-12,15-21,29-30,33H,9,13-14H2,1-6H3. The molecule has 3 unspecified atom stereocenters. The molecule has 3 heteroatoms. The predicted octanol–water partition coefficient (Wildman–Crippen LogP) is 10.1. The molecule has 4 aliphatic rings. The predicted molar refractivity (Wildman–Crippen MR) is 179 cm³/mol. The molecule has 1 aromatic heterocycles. The number of nitrogens with zero attached hydrogens (tertiary/aromatic N) is 3. The molecule has 0 saturated heterocycles. The molecule has 0 spiro atoms. The Morgan fingerprint density at radius 1 is 0.791 bits per heavy atom. The van der Waals surface area contributed by atoms with Crippen molar-refractivity contribution in [3.05, 3.63) is 123 Å². The third-order valence-electron chi connectivity index (χ3n) is 10.2. The van der Waals surface area contributed by atoms with Gasteiger partial charge < -0.3 is 4.90 Å². The first-order valence-electron chi connectivity index (χ1n) is 15.9. The Kier molecular flexibility index (Phi) is 5.92. The molecule has 0 bridgehead atoms. The molecule has 3 atom stereocenters. The van der Waals surface area contributed by atoms with Crippen molar-refractivity contribution >= 4 is 17.1 Å². The van der Waals surface area contributed by atoms with Crippen molar-refractivity contribution < 1.29 is 0 Å². The van der Waals surface area contributed by atoms with Crippen molar-refractivity contribution in [2.24, 2.45) is 0 Å². The fraction of sp³-hybridized carbons (Fsp3) is 0.300. The quantitative estimate of drug-likeness (QED) is 0.228. The summed E-state index contributed by atoms with van der Waals surface area (Å²) in [5.41, 5.74) is 17.9. The van der Waals surface area contributed by atoms with Gasteiger partial charge in [0, 0.05) is 34.1 Å². The van der Waals surface area contributed by atoms with Crippen molar-refractivity contribution in [2.75, 3.05) is 4.90 Å². The summed E-state index contributed by atoms with van der Waals surface area (Å²) >= 11 is 0. The number of rotatable bonds is 2. The summed E-state index contributed by atoms with van der Waals surface area (Å²) in [6.07, 6.45) is 15.0. The van der Waals surface area contributed by atoms with Gasteiger partial charge in [-0.3, -0.25) is 0 Å². The maximum absolute atomic E-state index is 5.65. The number of aryl methyl sites for hydroxylation is 6. The zero-order valence-corrected chi connectivity index (χ0v) is 26.1. The van der Waals surface area contributed by atoms with Crippen molar-refractivity contribution in [3.63, 3.8) is 0 Å². The molecule has 4 aromatic rings. The van der Waals surface area contributed by atoms with E-state index in [-0.39, 0.29) is 12.0 Å². The Morgan fingerprint density at radius 2 is 1.49 bits per heavy atom. The third-order valence-corrected chi connectivity index (χ3v) is 10.2. The van der Waals surface area contributed by atoms with E-state index in [1.807, 2.05) is 0 Å². The van der Waals surface area contributed by atoms with Crippen LogP contribution in [0.3, 0.4) is 0 Å². The maximum atomic E-state index is 5.65. The van der Waals surface area contributed by atoms with Crippen LogP contribution in [0.4, 0.5) is 11.5 Å². The Labute approximate surface area is 255 Å². The average Bonchev–Trinajstić information content (AvgIpc) is 3.24. The van der Waals surface area contributed by atoms with Crippen LogP contribution in [0.2, 0.25) is 0 Å². The van der Waals surface area contributed by atoms with E-state index in [1.54, 1.807) is 0 Å². The second-order valence-electron chi connectivity index (χ2n) is 13.2. The van der Waals surface area contributed by atoms with Crippen LogP contribution < -0.4 is 4.90 Å². The fourth-order valence-corrected chi connectivity index (χ4v) is 8.71. The topological polar surface area (TPSA) is 29.0 Å². The Bertz CT molecular complexity index is 1890. The Morgan fingerprint density at radius 3 is 2.21 bits per heavy atom. The van der Waals surface area contributed by atoms with E-state index in [1.165, 1.54) is 73.3 Å². The number of para-hydroxylation sites is 1. The molecular weight excluding hydrogens is 522 g/mol. The monoisotopic (exact) mass is 561 g/mol. The minimum atomic E-state index is 0.187. The van der Waals surface area contributed by atoms with E-state index in [4.69, 9.17) is 9.97 Å². The van der Waals surface area contributed by atoms with Gasteiger partial charge in [-0.05, 0) is 94.2 Å². The van der Waals surface area contributed by atoms with Crippen LogP contribution >= 0.6 is 0 Å². The van der Waals surface area contributed by atoms with Gasteiger partial charge in [0.1, 0.15) is 5.82 Å². The molecule has 3 aromatic carbocycles. The zero-order valence-electron chi connectivity index (χ0n) is 26.1. The highest BCUT2D eigenvalue weighted by atomic mass is 15.3. The van der Waals surface area contributed by atoms with Crippen molar-refractivity contribution in [1.82, 2.24) is 9.97 Å². The lowest BCUT2D eigenvalue weighted by molar-refractivity contribution is 0.570. The molecule has 0 fully saturated rings. The molecule has 0 N–H and O–H groups in total. The average molecular weight is 562 g/mol. The number of benzene rings is 3. The van der Waals surface area contributed by atoms with Gasteiger partial charge in [0.2, 0.25) is 0 Å². The van der Waals surface area contributed by atoms with Gasteiger partial charge >= 0.3 is 0 Å². The highest BCUT2D eigenvalue weighted by Crippen LogP contribution is 2.59. The first-order valence-corrected chi connectivity index (χ1v) is 15.9. The normalized spacial score (nSPS) is 21.1. The molecule has 43 heavy (non-hydrogen) atoms. The molecule has 0 amide bonds. The summed E-state index contributed by atoms with van der Waals surface area (Å²) in [6, 6.07) is 16.4. The van der Waals surface area contributed by atoms with Crippen LogP contribution in [0, 0.1) is 41.5 Å². The third kappa shape index (κ3) is 3.87. The van der Waals surface area contributed by atoms with E-state index < -0.39 is 0 Å².